The average Bonchev–Trinajstić information content (AvgIpc) is 2.74. The number of methoxy groups -OCH3 is 1. The first-order chi connectivity index (χ1) is 7.72. The molecular weight excluding hydrogens is 202 g/mol. The Morgan fingerprint density at radius 3 is 2.81 bits per heavy atom. The van der Waals surface area contributed by atoms with Crippen molar-refractivity contribution in [1.29, 1.82) is 0 Å². The first-order valence-corrected chi connectivity index (χ1v) is 5.77. The summed E-state index contributed by atoms with van der Waals surface area (Å²) in [6.45, 7) is 0. The molecule has 3 nitrogen and oxygen atoms in total. The van der Waals surface area contributed by atoms with Gasteiger partial charge in [0.25, 0.3) is 0 Å². The molecule has 3 heteroatoms. The lowest BCUT2D eigenvalue weighted by atomic mass is 10.1. The van der Waals surface area contributed by atoms with Crippen LogP contribution in [0.25, 0.3) is 0 Å². The van der Waals surface area contributed by atoms with Crippen LogP contribution in [0.5, 0.6) is 5.75 Å². The predicted molar refractivity (Wildman–Crippen MR) is 65.0 cm³/mol. The smallest absolute Gasteiger partial charge is 0.120 e. The van der Waals surface area contributed by atoms with Crippen LogP contribution in [0.3, 0.4) is 0 Å². The molecule has 1 aromatic carbocycles. The second-order valence-electron chi connectivity index (χ2n) is 4.38. The lowest BCUT2D eigenvalue weighted by Crippen LogP contribution is -2.37. The maximum absolute atomic E-state index is 9.87. The third-order valence-corrected chi connectivity index (χ3v) is 3.40. The van der Waals surface area contributed by atoms with Gasteiger partial charge in [0, 0.05) is 18.8 Å². The fourth-order valence-corrected chi connectivity index (χ4v) is 2.39. The van der Waals surface area contributed by atoms with Gasteiger partial charge < -0.3 is 14.7 Å². The van der Waals surface area contributed by atoms with Gasteiger partial charge in [-0.2, -0.15) is 0 Å². The molecule has 1 saturated carbocycles. The van der Waals surface area contributed by atoms with Gasteiger partial charge in [-0.3, -0.25) is 0 Å². The number of aliphatic hydroxyl groups excluding tert-OH is 1. The van der Waals surface area contributed by atoms with Crippen LogP contribution in [0, 0.1) is 0 Å². The Balaban J connectivity index is 2.16. The van der Waals surface area contributed by atoms with Crippen LogP contribution < -0.4 is 9.64 Å². The topological polar surface area (TPSA) is 32.7 Å². The van der Waals surface area contributed by atoms with Gasteiger partial charge in [0.05, 0.1) is 19.3 Å². The maximum atomic E-state index is 9.87. The van der Waals surface area contributed by atoms with E-state index >= 15 is 0 Å². The van der Waals surface area contributed by atoms with Crippen molar-refractivity contribution in [2.45, 2.75) is 31.4 Å². The third kappa shape index (κ3) is 2.14. The number of hydrogen-bond acceptors (Lipinski definition) is 3. The minimum atomic E-state index is -0.198. The highest BCUT2D eigenvalue weighted by Gasteiger charge is 2.28. The van der Waals surface area contributed by atoms with Crippen LogP contribution in [0.1, 0.15) is 19.3 Å². The number of hydrogen-bond donors (Lipinski definition) is 1. The van der Waals surface area contributed by atoms with E-state index in [1.807, 2.05) is 31.3 Å². The Kier molecular flexibility index (Phi) is 3.34. The molecule has 0 amide bonds. The molecule has 0 bridgehead atoms. The summed E-state index contributed by atoms with van der Waals surface area (Å²) in [6.07, 6.45) is 2.89. The highest BCUT2D eigenvalue weighted by Crippen LogP contribution is 2.29. The summed E-state index contributed by atoms with van der Waals surface area (Å²) in [5, 5.41) is 9.87. The third-order valence-electron chi connectivity index (χ3n) is 3.40. The molecule has 2 rings (SSSR count). The van der Waals surface area contributed by atoms with E-state index in [9.17, 15) is 5.11 Å². The van der Waals surface area contributed by atoms with Gasteiger partial charge in [-0.15, -0.1) is 0 Å². The summed E-state index contributed by atoms with van der Waals surface area (Å²) < 4.78 is 5.21. The molecule has 0 unspecified atom stereocenters. The first kappa shape index (κ1) is 11.3. The number of likely N-dealkylation sites (N-methyl/N-ethyl adjacent to an activating group) is 1. The summed E-state index contributed by atoms with van der Waals surface area (Å²) >= 11 is 0. The Labute approximate surface area is 96.6 Å². The minimum Gasteiger partial charge on any atom is -0.497 e. The molecular formula is C13H19NO2. The second kappa shape index (κ2) is 4.74. The fraction of sp³-hybridized carbons (Fsp3) is 0.538. The zero-order chi connectivity index (χ0) is 11.5. The molecule has 1 aliphatic carbocycles. The van der Waals surface area contributed by atoms with Crippen LogP contribution >= 0.6 is 0 Å². The average molecular weight is 221 g/mol. The van der Waals surface area contributed by atoms with Crippen molar-refractivity contribution in [3.63, 3.8) is 0 Å². The van der Waals surface area contributed by atoms with Gasteiger partial charge in [-0.1, -0.05) is 6.07 Å². The molecule has 0 aromatic heterocycles. The van der Waals surface area contributed by atoms with E-state index in [-0.39, 0.29) is 12.1 Å². The highest BCUT2D eigenvalue weighted by atomic mass is 16.5. The summed E-state index contributed by atoms with van der Waals surface area (Å²) in [4.78, 5) is 2.15. The molecule has 0 radical (unpaired) electrons. The Bertz CT molecular complexity index is 354. The van der Waals surface area contributed by atoms with Crippen molar-refractivity contribution in [2.75, 3.05) is 19.1 Å². The van der Waals surface area contributed by atoms with Crippen LogP contribution in [-0.2, 0) is 0 Å². The lowest BCUT2D eigenvalue weighted by Gasteiger charge is -2.29. The highest BCUT2D eigenvalue weighted by molar-refractivity contribution is 5.51. The molecule has 0 heterocycles. The monoisotopic (exact) mass is 221 g/mol. The van der Waals surface area contributed by atoms with E-state index in [2.05, 4.69) is 4.90 Å². The van der Waals surface area contributed by atoms with Crippen molar-refractivity contribution in [3.05, 3.63) is 24.3 Å². The standard InChI is InChI=1S/C13H19NO2/c1-14(12-7-4-8-13(12)15)10-5-3-6-11(9-10)16-2/h3,5-6,9,12-13,15H,4,7-8H2,1-2H3/t12-,13-/m0/s1. The SMILES string of the molecule is COc1cccc(N(C)[C@H]2CCC[C@@H]2O)c1. The largest absolute Gasteiger partial charge is 0.497 e. The molecule has 1 aliphatic rings. The first-order valence-electron chi connectivity index (χ1n) is 5.77. The Morgan fingerprint density at radius 2 is 2.19 bits per heavy atom. The molecule has 1 N–H and O–H groups in total. The quantitative estimate of drug-likeness (QED) is 0.848. The normalized spacial score (nSPS) is 24.4. The van der Waals surface area contributed by atoms with Gasteiger partial charge in [0.15, 0.2) is 0 Å². The molecule has 0 spiro atoms. The fourth-order valence-electron chi connectivity index (χ4n) is 2.39. The Hall–Kier alpha value is -1.22. The number of rotatable bonds is 3. The van der Waals surface area contributed by atoms with E-state index in [0.717, 1.165) is 30.7 Å². The lowest BCUT2D eigenvalue weighted by molar-refractivity contribution is 0.163. The van der Waals surface area contributed by atoms with Crippen molar-refractivity contribution in [1.82, 2.24) is 0 Å². The van der Waals surface area contributed by atoms with Crippen molar-refractivity contribution >= 4 is 5.69 Å². The minimum absolute atomic E-state index is 0.198. The summed E-state index contributed by atoms with van der Waals surface area (Å²) in [5.41, 5.74) is 1.10. The number of benzene rings is 1. The molecule has 0 aliphatic heterocycles. The Morgan fingerprint density at radius 1 is 1.38 bits per heavy atom. The maximum Gasteiger partial charge on any atom is 0.120 e. The summed E-state index contributed by atoms with van der Waals surface area (Å²) in [7, 11) is 3.71. The molecule has 88 valence electrons. The van der Waals surface area contributed by atoms with Crippen molar-refractivity contribution < 1.29 is 9.84 Å². The van der Waals surface area contributed by atoms with Crippen LogP contribution in [-0.4, -0.2) is 31.4 Å². The van der Waals surface area contributed by atoms with Crippen molar-refractivity contribution in [3.8, 4) is 5.75 Å². The van der Waals surface area contributed by atoms with Gasteiger partial charge in [0.1, 0.15) is 5.75 Å². The van der Waals surface area contributed by atoms with E-state index in [4.69, 9.17) is 4.74 Å². The van der Waals surface area contributed by atoms with Crippen LogP contribution in [0.15, 0.2) is 24.3 Å². The van der Waals surface area contributed by atoms with Crippen LogP contribution in [0.4, 0.5) is 5.69 Å². The molecule has 0 saturated heterocycles. The van der Waals surface area contributed by atoms with Crippen molar-refractivity contribution in [2.24, 2.45) is 0 Å². The number of anilines is 1. The second-order valence-corrected chi connectivity index (χ2v) is 4.38. The molecule has 1 fully saturated rings. The summed E-state index contributed by atoms with van der Waals surface area (Å²) in [6, 6.07) is 8.21. The number of nitrogens with zero attached hydrogens (tertiary/aromatic N) is 1. The van der Waals surface area contributed by atoms with Gasteiger partial charge >= 0.3 is 0 Å². The van der Waals surface area contributed by atoms with E-state index < -0.39 is 0 Å². The van der Waals surface area contributed by atoms with E-state index in [1.165, 1.54) is 0 Å². The van der Waals surface area contributed by atoms with Gasteiger partial charge in [0.2, 0.25) is 0 Å². The van der Waals surface area contributed by atoms with E-state index in [1.54, 1.807) is 7.11 Å². The van der Waals surface area contributed by atoms with Gasteiger partial charge in [-0.05, 0) is 31.4 Å². The van der Waals surface area contributed by atoms with Gasteiger partial charge in [-0.25, -0.2) is 0 Å². The van der Waals surface area contributed by atoms with E-state index in [0.29, 0.717) is 0 Å². The zero-order valence-corrected chi connectivity index (χ0v) is 9.89. The molecule has 1 aromatic rings. The number of aliphatic hydroxyl groups is 1. The zero-order valence-electron chi connectivity index (χ0n) is 9.89. The van der Waals surface area contributed by atoms with Crippen LogP contribution in [0.2, 0.25) is 0 Å². The molecule has 16 heavy (non-hydrogen) atoms. The molecule has 2 atom stereocenters. The number of ether oxygens (including phenoxy) is 1. The predicted octanol–water partition coefficient (Wildman–Crippen LogP) is 2.04. The summed E-state index contributed by atoms with van der Waals surface area (Å²) in [5.74, 6) is 0.858.